The molecule has 1 aromatic carbocycles. The van der Waals surface area contributed by atoms with Crippen LogP contribution in [-0.2, 0) is 9.47 Å². The second-order valence-corrected chi connectivity index (χ2v) is 7.44. The second-order valence-electron chi connectivity index (χ2n) is 7.44. The van der Waals surface area contributed by atoms with Crippen LogP contribution in [-0.4, -0.2) is 31.3 Å². The highest BCUT2D eigenvalue weighted by molar-refractivity contribution is 5.93. The van der Waals surface area contributed by atoms with Crippen molar-refractivity contribution in [1.82, 2.24) is 0 Å². The van der Waals surface area contributed by atoms with Crippen LogP contribution in [0, 0.1) is 0 Å². The van der Waals surface area contributed by atoms with E-state index in [1.807, 2.05) is 0 Å². The minimum atomic E-state index is -4.58. The molecule has 1 rings (SSSR count). The molecule has 30 heavy (non-hydrogen) atoms. The molecular weight excluding hydrogens is 397 g/mol. The van der Waals surface area contributed by atoms with E-state index in [9.17, 15) is 22.8 Å². The average Bonchev–Trinajstić information content (AvgIpc) is 2.72. The van der Waals surface area contributed by atoms with E-state index in [4.69, 9.17) is 4.74 Å². The van der Waals surface area contributed by atoms with Gasteiger partial charge in [-0.1, -0.05) is 71.1 Å². The lowest BCUT2D eigenvalue weighted by Gasteiger charge is -2.08. The van der Waals surface area contributed by atoms with E-state index in [0.29, 0.717) is 6.61 Å². The maximum Gasteiger partial charge on any atom is 0.422 e. The van der Waals surface area contributed by atoms with Crippen molar-refractivity contribution in [3.8, 4) is 0 Å². The standard InChI is InChI=1S/C23H33F3O4/c1-2-3-4-5-6-7-8-9-10-11-12-17-29-21(27)19-13-15-20(16-14-19)22(28)30-18-23(24,25)26/h13-16H,2-12,17-18H2,1H3. The molecule has 0 heterocycles. The zero-order valence-corrected chi connectivity index (χ0v) is 17.8. The number of halogens is 3. The fourth-order valence-corrected chi connectivity index (χ4v) is 2.99. The van der Waals surface area contributed by atoms with Crippen LogP contribution in [0.5, 0.6) is 0 Å². The van der Waals surface area contributed by atoms with Crippen molar-refractivity contribution in [2.45, 2.75) is 83.7 Å². The Labute approximate surface area is 177 Å². The highest BCUT2D eigenvalue weighted by atomic mass is 19.4. The van der Waals surface area contributed by atoms with Crippen molar-refractivity contribution in [2.75, 3.05) is 13.2 Å². The van der Waals surface area contributed by atoms with Gasteiger partial charge in [0.05, 0.1) is 17.7 Å². The molecule has 170 valence electrons. The first-order chi connectivity index (χ1) is 14.3. The predicted molar refractivity (Wildman–Crippen MR) is 110 cm³/mol. The smallest absolute Gasteiger partial charge is 0.422 e. The minimum absolute atomic E-state index is 0.0545. The van der Waals surface area contributed by atoms with Crippen molar-refractivity contribution in [3.05, 3.63) is 35.4 Å². The van der Waals surface area contributed by atoms with Gasteiger partial charge in [0.25, 0.3) is 0 Å². The summed E-state index contributed by atoms with van der Waals surface area (Å²) in [5.74, 6) is -1.61. The largest absolute Gasteiger partial charge is 0.462 e. The summed E-state index contributed by atoms with van der Waals surface area (Å²) in [6.45, 7) is 0.900. The van der Waals surface area contributed by atoms with Gasteiger partial charge < -0.3 is 9.47 Å². The zero-order chi connectivity index (χ0) is 22.2. The van der Waals surface area contributed by atoms with Gasteiger partial charge in [-0.2, -0.15) is 13.2 Å². The number of carbonyl (C=O) groups excluding carboxylic acids is 2. The fourth-order valence-electron chi connectivity index (χ4n) is 2.99. The number of ether oxygens (including phenoxy) is 2. The zero-order valence-electron chi connectivity index (χ0n) is 17.8. The lowest BCUT2D eigenvalue weighted by Crippen LogP contribution is -2.20. The number of alkyl halides is 3. The van der Waals surface area contributed by atoms with Crippen molar-refractivity contribution >= 4 is 11.9 Å². The van der Waals surface area contributed by atoms with E-state index in [1.54, 1.807) is 0 Å². The van der Waals surface area contributed by atoms with Gasteiger partial charge in [0, 0.05) is 0 Å². The van der Waals surface area contributed by atoms with E-state index in [2.05, 4.69) is 11.7 Å². The number of rotatable bonds is 15. The molecule has 0 radical (unpaired) electrons. The van der Waals surface area contributed by atoms with Crippen LogP contribution in [0.3, 0.4) is 0 Å². The molecule has 0 aliphatic carbocycles. The highest BCUT2D eigenvalue weighted by Crippen LogP contribution is 2.16. The first-order valence-corrected chi connectivity index (χ1v) is 10.8. The molecule has 0 saturated carbocycles. The molecule has 1 aromatic rings. The maximum absolute atomic E-state index is 12.1. The number of unbranched alkanes of at least 4 members (excludes halogenated alkanes) is 10. The Morgan fingerprint density at radius 3 is 1.53 bits per heavy atom. The summed E-state index contributed by atoms with van der Waals surface area (Å²) >= 11 is 0. The quantitative estimate of drug-likeness (QED) is 0.225. The van der Waals surface area contributed by atoms with Gasteiger partial charge in [-0.05, 0) is 30.7 Å². The van der Waals surface area contributed by atoms with Crippen molar-refractivity contribution < 1.29 is 32.2 Å². The molecule has 0 aromatic heterocycles. The number of esters is 2. The first kappa shape index (κ1) is 26.0. The summed E-state index contributed by atoms with van der Waals surface area (Å²) in [6, 6.07) is 5.18. The van der Waals surface area contributed by atoms with E-state index < -0.39 is 24.7 Å². The van der Waals surface area contributed by atoms with Crippen molar-refractivity contribution in [1.29, 1.82) is 0 Å². The molecule has 4 nitrogen and oxygen atoms in total. The fraction of sp³-hybridized carbons (Fsp3) is 0.652. The third kappa shape index (κ3) is 12.5. The van der Waals surface area contributed by atoms with Crippen LogP contribution in [0.2, 0.25) is 0 Å². The Kier molecular flexibility index (Phi) is 12.9. The van der Waals surface area contributed by atoms with E-state index >= 15 is 0 Å². The summed E-state index contributed by atoms with van der Waals surface area (Å²) in [5.41, 5.74) is 0.187. The van der Waals surface area contributed by atoms with Crippen molar-refractivity contribution in [3.63, 3.8) is 0 Å². The molecule has 0 atom stereocenters. The number of carbonyl (C=O) groups is 2. The van der Waals surface area contributed by atoms with Gasteiger partial charge in [0.15, 0.2) is 6.61 Å². The summed E-state index contributed by atoms with van der Waals surface area (Å²) < 4.78 is 45.6. The highest BCUT2D eigenvalue weighted by Gasteiger charge is 2.29. The molecule has 0 aliphatic heterocycles. The van der Waals surface area contributed by atoms with Gasteiger partial charge in [-0.15, -0.1) is 0 Å². The summed E-state index contributed by atoms with van der Waals surface area (Å²) in [5, 5.41) is 0. The summed E-state index contributed by atoms with van der Waals surface area (Å²) in [6.07, 6.45) is 8.69. The minimum Gasteiger partial charge on any atom is -0.462 e. The Morgan fingerprint density at radius 1 is 0.700 bits per heavy atom. The maximum atomic E-state index is 12.1. The molecule has 0 N–H and O–H groups in total. The molecule has 0 aliphatic rings. The number of hydrogen-bond acceptors (Lipinski definition) is 4. The van der Waals surface area contributed by atoms with Crippen LogP contribution in [0.1, 0.15) is 98.3 Å². The Hall–Kier alpha value is -2.05. The van der Waals surface area contributed by atoms with Crippen LogP contribution in [0.4, 0.5) is 13.2 Å². The molecular formula is C23H33F3O4. The normalized spacial score (nSPS) is 11.3. The topological polar surface area (TPSA) is 52.6 Å². The molecule has 0 amide bonds. The second kappa shape index (κ2) is 14.9. The average molecular weight is 431 g/mol. The van der Waals surface area contributed by atoms with E-state index in [0.717, 1.165) is 19.3 Å². The Balaban J connectivity index is 2.12. The van der Waals surface area contributed by atoms with Crippen LogP contribution in [0.15, 0.2) is 24.3 Å². The lowest BCUT2D eigenvalue weighted by molar-refractivity contribution is -0.161. The Morgan fingerprint density at radius 2 is 1.10 bits per heavy atom. The third-order valence-electron chi connectivity index (χ3n) is 4.70. The third-order valence-corrected chi connectivity index (χ3v) is 4.70. The molecule has 0 bridgehead atoms. The number of hydrogen-bond donors (Lipinski definition) is 0. The lowest BCUT2D eigenvalue weighted by atomic mass is 10.1. The van der Waals surface area contributed by atoms with E-state index in [1.165, 1.54) is 75.6 Å². The van der Waals surface area contributed by atoms with E-state index in [-0.39, 0.29) is 11.1 Å². The molecule has 7 heteroatoms. The SMILES string of the molecule is CCCCCCCCCCCCCOC(=O)c1ccc(C(=O)OCC(F)(F)F)cc1. The van der Waals surface area contributed by atoms with Crippen molar-refractivity contribution in [2.24, 2.45) is 0 Å². The first-order valence-electron chi connectivity index (χ1n) is 10.8. The predicted octanol–water partition coefficient (Wildman–Crippen LogP) is 6.87. The van der Waals surface area contributed by atoms with Gasteiger partial charge in [-0.3, -0.25) is 0 Å². The van der Waals surface area contributed by atoms with Crippen LogP contribution < -0.4 is 0 Å². The monoisotopic (exact) mass is 430 g/mol. The van der Waals surface area contributed by atoms with Crippen LogP contribution >= 0.6 is 0 Å². The van der Waals surface area contributed by atoms with Gasteiger partial charge in [0.2, 0.25) is 0 Å². The Bertz CT molecular complexity index is 612. The molecule has 0 unspecified atom stereocenters. The van der Waals surface area contributed by atoms with Crippen LogP contribution in [0.25, 0.3) is 0 Å². The number of benzene rings is 1. The van der Waals surface area contributed by atoms with Gasteiger partial charge >= 0.3 is 18.1 Å². The summed E-state index contributed by atoms with van der Waals surface area (Å²) in [7, 11) is 0. The van der Waals surface area contributed by atoms with Gasteiger partial charge in [-0.25, -0.2) is 9.59 Å². The molecule has 0 saturated heterocycles. The molecule has 0 fully saturated rings. The summed E-state index contributed by atoms with van der Waals surface area (Å²) in [4.78, 5) is 23.5. The molecule has 0 spiro atoms. The van der Waals surface area contributed by atoms with Gasteiger partial charge in [0.1, 0.15) is 0 Å².